The van der Waals surface area contributed by atoms with Crippen LogP contribution in [0.4, 0.5) is 0 Å². The van der Waals surface area contributed by atoms with Crippen molar-refractivity contribution < 1.29 is 4.65 Å². The van der Waals surface area contributed by atoms with Crippen molar-refractivity contribution in [2.75, 3.05) is 6.61 Å². The van der Waals surface area contributed by atoms with E-state index in [1.165, 1.54) is 17.9 Å². The third-order valence-electron chi connectivity index (χ3n) is 0.962. The summed E-state index contributed by atoms with van der Waals surface area (Å²) in [6, 6.07) is 0. The van der Waals surface area contributed by atoms with Crippen molar-refractivity contribution in [3.05, 3.63) is 0 Å². The quantitative estimate of drug-likeness (QED) is 0.503. The van der Waals surface area contributed by atoms with Crippen LogP contribution < -0.4 is 0 Å². The molecule has 0 unspecified atom stereocenters. The maximum atomic E-state index is 8.32. The van der Waals surface area contributed by atoms with E-state index in [0.717, 1.165) is 0 Å². The molecule has 0 saturated heterocycles. The Morgan fingerprint density at radius 1 is 1.20 bits per heavy atom. The van der Waals surface area contributed by atoms with E-state index in [-0.39, 0.29) is 6.61 Å². The lowest BCUT2D eigenvalue weighted by Gasteiger charge is -2.16. The first kappa shape index (κ1) is 8.49. The Bertz CT molecular complexity index is 195. The van der Waals surface area contributed by atoms with Gasteiger partial charge in [-0.25, -0.2) is 15.8 Å². The fourth-order valence-electron chi connectivity index (χ4n) is 0.448. The lowest BCUT2D eigenvalue weighted by Crippen LogP contribution is -2.34. The van der Waals surface area contributed by atoms with Gasteiger partial charge in [-0.2, -0.15) is 0 Å². The largest absolute Gasteiger partial charge is 0.557 e. The third-order valence-corrected chi connectivity index (χ3v) is 0.962. The van der Waals surface area contributed by atoms with Crippen molar-refractivity contribution in [3.8, 4) is 17.9 Å². The molecule has 0 rings (SSSR count). The zero-order valence-electron chi connectivity index (χ0n) is 5.53. The van der Waals surface area contributed by atoms with Gasteiger partial charge in [0.25, 0.3) is 0 Å². The maximum Gasteiger partial charge on any atom is 0.408 e. The molecule has 0 aliphatic rings. The van der Waals surface area contributed by atoms with Crippen LogP contribution in [0.5, 0.6) is 0 Å². The predicted octanol–water partition coefficient (Wildman–Crippen LogP) is 0.157. The maximum absolute atomic E-state index is 8.32. The first-order valence-electron chi connectivity index (χ1n) is 2.77. The SMILES string of the molecule is CCO[B-](C#N)(C#N)C#N. The van der Waals surface area contributed by atoms with E-state index < -0.39 is 6.35 Å². The first-order chi connectivity index (χ1) is 4.74. The lowest BCUT2D eigenvalue weighted by atomic mass is 9.45. The van der Waals surface area contributed by atoms with Crippen LogP contribution in [-0.2, 0) is 4.65 Å². The second-order valence-electron chi connectivity index (χ2n) is 1.63. The van der Waals surface area contributed by atoms with Crippen LogP contribution in [0.2, 0.25) is 0 Å². The molecule has 5 heteroatoms. The molecule has 0 spiro atoms. The van der Waals surface area contributed by atoms with Gasteiger partial charge in [0.2, 0.25) is 0 Å². The normalized spacial score (nSPS) is 9.00. The molecule has 0 heterocycles. The molecule has 0 saturated carbocycles. The summed E-state index contributed by atoms with van der Waals surface area (Å²) < 4.78 is 4.66. The Kier molecular flexibility index (Phi) is 2.98. The van der Waals surface area contributed by atoms with Gasteiger partial charge in [0.1, 0.15) is 0 Å². The van der Waals surface area contributed by atoms with Crippen LogP contribution in [0, 0.1) is 33.7 Å². The standard InChI is InChI=1S/C5H5BN3O/c1-2-10-6(3-7,4-8)5-9/h2H2,1H3/q-1. The van der Waals surface area contributed by atoms with Crippen LogP contribution in [0.1, 0.15) is 6.92 Å². The molecule has 0 aromatic heterocycles. The predicted molar refractivity (Wildman–Crippen MR) is 34.2 cm³/mol. The van der Waals surface area contributed by atoms with Crippen molar-refractivity contribution in [1.29, 1.82) is 15.8 Å². The number of nitriles is 3. The number of hydrogen-bond acceptors (Lipinski definition) is 4. The number of nitrogens with zero attached hydrogens (tertiary/aromatic N) is 3. The smallest absolute Gasteiger partial charge is 0.408 e. The summed E-state index contributed by atoms with van der Waals surface area (Å²) in [6.07, 6.45) is -2.53. The van der Waals surface area contributed by atoms with Gasteiger partial charge in [0.15, 0.2) is 0 Å². The van der Waals surface area contributed by atoms with Gasteiger partial charge >= 0.3 is 6.35 Å². The minimum Gasteiger partial charge on any atom is -0.557 e. The Labute approximate surface area is 59.2 Å². The molecule has 0 amide bonds. The molecule has 4 nitrogen and oxygen atoms in total. The summed E-state index contributed by atoms with van der Waals surface area (Å²) in [5.41, 5.74) is 0. The van der Waals surface area contributed by atoms with Gasteiger partial charge in [-0.3, -0.25) is 0 Å². The summed E-state index contributed by atoms with van der Waals surface area (Å²) in [4.78, 5) is 0. The van der Waals surface area contributed by atoms with E-state index in [4.69, 9.17) is 15.8 Å². The van der Waals surface area contributed by atoms with E-state index in [1.807, 2.05) is 0 Å². The molecule has 0 aliphatic heterocycles. The zero-order valence-corrected chi connectivity index (χ0v) is 5.53. The average Bonchev–Trinajstić information content (AvgIpc) is 2.01. The van der Waals surface area contributed by atoms with Gasteiger partial charge in [0, 0.05) is 0 Å². The van der Waals surface area contributed by atoms with Crippen LogP contribution in [-0.4, -0.2) is 13.0 Å². The highest BCUT2D eigenvalue weighted by atomic mass is 16.4. The van der Waals surface area contributed by atoms with Crippen molar-refractivity contribution in [2.45, 2.75) is 6.92 Å². The Morgan fingerprint density at radius 2 is 1.60 bits per heavy atom. The van der Waals surface area contributed by atoms with Gasteiger partial charge in [-0.05, 0) is 13.5 Å². The second-order valence-corrected chi connectivity index (χ2v) is 1.63. The average molecular weight is 134 g/mol. The Morgan fingerprint density at radius 3 is 1.70 bits per heavy atom. The summed E-state index contributed by atoms with van der Waals surface area (Å²) in [6.45, 7) is 1.83. The highest BCUT2D eigenvalue weighted by molar-refractivity contribution is 6.94. The third kappa shape index (κ3) is 1.48. The summed E-state index contributed by atoms with van der Waals surface area (Å²) in [5, 5.41) is 24.9. The topological polar surface area (TPSA) is 80.6 Å². The highest BCUT2D eigenvalue weighted by Crippen LogP contribution is 1.98. The van der Waals surface area contributed by atoms with E-state index in [0.29, 0.717) is 0 Å². The van der Waals surface area contributed by atoms with E-state index in [1.54, 1.807) is 6.92 Å². The van der Waals surface area contributed by atoms with Gasteiger partial charge in [0.05, 0.1) is 0 Å². The van der Waals surface area contributed by atoms with Gasteiger partial charge in [-0.15, -0.1) is 0 Å². The molecule has 50 valence electrons. The molecule has 0 aromatic carbocycles. The van der Waals surface area contributed by atoms with Crippen molar-refractivity contribution in [1.82, 2.24) is 0 Å². The lowest BCUT2D eigenvalue weighted by molar-refractivity contribution is 0.348. The van der Waals surface area contributed by atoms with E-state index >= 15 is 0 Å². The number of rotatable bonds is 2. The molecule has 0 atom stereocenters. The van der Waals surface area contributed by atoms with Gasteiger partial charge in [-0.1, -0.05) is 17.9 Å². The summed E-state index contributed by atoms with van der Waals surface area (Å²) >= 11 is 0. The van der Waals surface area contributed by atoms with E-state index in [9.17, 15) is 0 Å². The summed E-state index contributed by atoms with van der Waals surface area (Å²) in [7, 11) is 0. The van der Waals surface area contributed by atoms with Crippen molar-refractivity contribution in [3.63, 3.8) is 0 Å². The molecular weight excluding hydrogens is 129 g/mol. The van der Waals surface area contributed by atoms with Crippen LogP contribution >= 0.6 is 0 Å². The van der Waals surface area contributed by atoms with Crippen molar-refractivity contribution >= 4 is 6.35 Å². The van der Waals surface area contributed by atoms with Crippen LogP contribution in [0.3, 0.4) is 0 Å². The Hall–Kier alpha value is -1.51. The molecule has 0 bridgehead atoms. The molecule has 0 fully saturated rings. The fourth-order valence-corrected chi connectivity index (χ4v) is 0.448. The zero-order chi connectivity index (χ0) is 8.04. The van der Waals surface area contributed by atoms with Crippen LogP contribution in [0.15, 0.2) is 0 Å². The Balaban J connectivity index is 4.45. The van der Waals surface area contributed by atoms with Crippen LogP contribution in [0.25, 0.3) is 0 Å². The monoisotopic (exact) mass is 134 g/mol. The van der Waals surface area contributed by atoms with Crippen molar-refractivity contribution in [2.24, 2.45) is 0 Å². The number of hydrogen-bond donors (Lipinski definition) is 0. The highest BCUT2D eigenvalue weighted by Gasteiger charge is 2.23. The second kappa shape index (κ2) is 3.51. The molecule has 0 aliphatic carbocycles. The molecule has 10 heavy (non-hydrogen) atoms. The minimum absolute atomic E-state index is 0.203. The molecule has 0 aromatic rings. The molecule has 0 N–H and O–H groups in total. The van der Waals surface area contributed by atoms with Gasteiger partial charge < -0.3 is 4.65 Å². The molecule has 0 radical (unpaired) electrons. The summed E-state index contributed by atoms with van der Waals surface area (Å²) in [5.74, 6) is 4.60. The minimum atomic E-state index is -2.53. The fraction of sp³-hybridized carbons (Fsp3) is 0.400. The van der Waals surface area contributed by atoms with E-state index in [2.05, 4.69) is 4.65 Å². The molecular formula is C5H5BN3O-. The first-order valence-corrected chi connectivity index (χ1v) is 2.77.